The summed E-state index contributed by atoms with van der Waals surface area (Å²) < 4.78 is 5.31. The van der Waals surface area contributed by atoms with Crippen molar-refractivity contribution < 1.29 is 9.53 Å². The number of carbonyl (C=O) groups excluding carboxylic acids is 1. The van der Waals surface area contributed by atoms with Crippen LogP contribution in [0.4, 0.5) is 5.82 Å². The van der Waals surface area contributed by atoms with E-state index in [-0.39, 0.29) is 17.9 Å². The van der Waals surface area contributed by atoms with Crippen molar-refractivity contribution in [2.45, 2.75) is 42.7 Å². The van der Waals surface area contributed by atoms with Crippen molar-refractivity contribution in [3.05, 3.63) is 72.1 Å². The maximum Gasteiger partial charge on any atom is 0.225 e. The van der Waals surface area contributed by atoms with Crippen molar-refractivity contribution in [2.24, 2.45) is 5.92 Å². The molecule has 1 fully saturated rings. The molecule has 1 aliphatic rings. The van der Waals surface area contributed by atoms with E-state index in [0.717, 1.165) is 46.4 Å². The third-order valence-electron chi connectivity index (χ3n) is 5.93. The van der Waals surface area contributed by atoms with Gasteiger partial charge in [0, 0.05) is 30.4 Å². The summed E-state index contributed by atoms with van der Waals surface area (Å²) in [7, 11) is 1.65. The van der Waals surface area contributed by atoms with Gasteiger partial charge in [0.2, 0.25) is 5.91 Å². The van der Waals surface area contributed by atoms with Crippen LogP contribution in [0.1, 0.15) is 36.9 Å². The molecule has 2 aromatic carbocycles. The first-order chi connectivity index (χ1) is 16.0. The van der Waals surface area contributed by atoms with E-state index in [4.69, 9.17) is 4.74 Å². The van der Waals surface area contributed by atoms with Crippen LogP contribution in [0.15, 0.2) is 70.8 Å². The molecule has 2 atom stereocenters. The molecule has 2 heterocycles. The Labute approximate surface area is 199 Å². The summed E-state index contributed by atoms with van der Waals surface area (Å²) in [5.74, 6) is 1.62. The Bertz CT molecular complexity index is 1090. The van der Waals surface area contributed by atoms with E-state index >= 15 is 0 Å². The van der Waals surface area contributed by atoms with E-state index in [1.807, 2.05) is 31.2 Å². The zero-order valence-electron chi connectivity index (χ0n) is 19.3. The lowest BCUT2D eigenvalue weighted by atomic mass is 9.96. The first-order valence-electron chi connectivity index (χ1n) is 11.3. The standard InChI is InChI=1S/C26H30N4O2S/c1-18-9-11-23(12-10-18)33-26-24(27-13-14-28-26)30-15-5-7-21(17-30)25(31)29-19(2)20-6-4-8-22(16-20)32-3/h4,6,8-14,16,19,21H,5,7,15,17H2,1-3H3,(H,29,31)/t19-,21+/m1/s1. The number of rotatable bonds is 7. The van der Waals surface area contributed by atoms with Gasteiger partial charge in [-0.3, -0.25) is 4.79 Å². The van der Waals surface area contributed by atoms with Gasteiger partial charge < -0.3 is 15.0 Å². The summed E-state index contributed by atoms with van der Waals surface area (Å²) in [6, 6.07) is 16.1. The molecule has 1 saturated heterocycles. The van der Waals surface area contributed by atoms with Gasteiger partial charge in [-0.1, -0.05) is 41.6 Å². The van der Waals surface area contributed by atoms with Crippen LogP contribution in [0, 0.1) is 12.8 Å². The number of amides is 1. The van der Waals surface area contributed by atoms with Crippen LogP contribution in [0.5, 0.6) is 5.75 Å². The maximum absolute atomic E-state index is 13.1. The van der Waals surface area contributed by atoms with Crippen LogP contribution < -0.4 is 15.0 Å². The molecule has 6 nitrogen and oxygen atoms in total. The summed E-state index contributed by atoms with van der Waals surface area (Å²) in [6.07, 6.45) is 5.26. The predicted octanol–water partition coefficient (Wildman–Crippen LogP) is 5.04. The van der Waals surface area contributed by atoms with E-state index in [9.17, 15) is 4.79 Å². The fraction of sp³-hybridized carbons (Fsp3) is 0.346. The molecular formula is C26H30N4O2S. The van der Waals surface area contributed by atoms with E-state index in [0.29, 0.717) is 6.54 Å². The Kier molecular flexibility index (Phi) is 7.50. The molecule has 0 saturated carbocycles. The van der Waals surface area contributed by atoms with Gasteiger partial charge in [-0.25, -0.2) is 9.97 Å². The zero-order valence-corrected chi connectivity index (χ0v) is 20.1. The second kappa shape index (κ2) is 10.7. The summed E-state index contributed by atoms with van der Waals surface area (Å²) in [5, 5.41) is 4.05. The van der Waals surface area contributed by atoms with E-state index in [1.54, 1.807) is 31.3 Å². The molecule has 1 aliphatic heterocycles. The molecule has 3 aromatic rings. The summed E-state index contributed by atoms with van der Waals surface area (Å²) in [6.45, 7) is 5.59. The molecule has 1 amide bonds. The molecular weight excluding hydrogens is 432 g/mol. The van der Waals surface area contributed by atoms with Gasteiger partial charge in [0.15, 0.2) is 5.82 Å². The molecule has 0 unspecified atom stereocenters. The molecule has 4 rings (SSSR count). The van der Waals surface area contributed by atoms with Crippen molar-refractivity contribution in [3.8, 4) is 5.75 Å². The zero-order chi connectivity index (χ0) is 23.2. The number of benzene rings is 2. The molecule has 0 bridgehead atoms. The average molecular weight is 463 g/mol. The number of carbonyl (C=O) groups is 1. The second-order valence-electron chi connectivity index (χ2n) is 8.39. The molecule has 33 heavy (non-hydrogen) atoms. The van der Waals surface area contributed by atoms with Gasteiger partial charge in [-0.2, -0.15) is 0 Å². The van der Waals surface area contributed by atoms with Crippen LogP contribution in [0.25, 0.3) is 0 Å². The predicted molar refractivity (Wildman–Crippen MR) is 132 cm³/mol. The fourth-order valence-electron chi connectivity index (χ4n) is 4.03. The lowest BCUT2D eigenvalue weighted by Crippen LogP contribution is -2.44. The highest BCUT2D eigenvalue weighted by molar-refractivity contribution is 7.99. The van der Waals surface area contributed by atoms with Crippen molar-refractivity contribution in [1.29, 1.82) is 0 Å². The molecule has 1 aromatic heterocycles. The first kappa shape index (κ1) is 23.1. The largest absolute Gasteiger partial charge is 0.497 e. The third kappa shape index (κ3) is 5.85. The topological polar surface area (TPSA) is 67.3 Å². The lowest BCUT2D eigenvalue weighted by molar-refractivity contribution is -0.125. The third-order valence-corrected chi connectivity index (χ3v) is 6.92. The summed E-state index contributed by atoms with van der Waals surface area (Å²) >= 11 is 1.61. The van der Waals surface area contributed by atoms with Crippen molar-refractivity contribution in [2.75, 3.05) is 25.1 Å². The Morgan fingerprint density at radius 2 is 1.97 bits per heavy atom. The molecule has 0 spiro atoms. The highest BCUT2D eigenvalue weighted by Gasteiger charge is 2.29. The molecule has 1 N–H and O–H groups in total. The lowest BCUT2D eigenvalue weighted by Gasteiger charge is -2.34. The number of nitrogens with zero attached hydrogens (tertiary/aromatic N) is 3. The highest BCUT2D eigenvalue weighted by Crippen LogP contribution is 2.34. The van der Waals surface area contributed by atoms with E-state index in [2.05, 4.69) is 51.4 Å². The number of piperidine rings is 1. The number of anilines is 1. The normalized spacial score (nSPS) is 16.8. The fourth-order valence-corrected chi connectivity index (χ4v) is 4.92. The van der Waals surface area contributed by atoms with Crippen LogP contribution in [-0.4, -0.2) is 36.1 Å². The van der Waals surface area contributed by atoms with Crippen LogP contribution in [-0.2, 0) is 4.79 Å². The van der Waals surface area contributed by atoms with Gasteiger partial charge in [-0.15, -0.1) is 0 Å². The van der Waals surface area contributed by atoms with Gasteiger partial charge in [0.05, 0.1) is 19.1 Å². The maximum atomic E-state index is 13.1. The number of nitrogens with one attached hydrogen (secondary N) is 1. The number of aromatic nitrogens is 2. The SMILES string of the molecule is COc1cccc([C@@H](C)NC(=O)[C@H]2CCCN(c3nccnc3Sc3ccc(C)cc3)C2)c1. The monoisotopic (exact) mass is 462 g/mol. The Balaban J connectivity index is 1.44. The summed E-state index contributed by atoms with van der Waals surface area (Å²) in [4.78, 5) is 25.7. The van der Waals surface area contributed by atoms with Crippen LogP contribution in [0.2, 0.25) is 0 Å². The Morgan fingerprint density at radius 3 is 2.76 bits per heavy atom. The second-order valence-corrected chi connectivity index (χ2v) is 9.45. The van der Waals surface area contributed by atoms with Crippen LogP contribution >= 0.6 is 11.8 Å². The minimum absolute atomic E-state index is 0.0756. The number of hydrogen-bond donors (Lipinski definition) is 1. The quantitative estimate of drug-likeness (QED) is 0.531. The van der Waals surface area contributed by atoms with Crippen molar-refractivity contribution in [3.63, 3.8) is 0 Å². The summed E-state index contributed by atoms with van der Waals surface area (Å²) in [5.41, 5.74) is 2.26. The molecule has 0 radical (unpaired) electrons. The molecule has 172 valence electrons. The van der Waals surface area contributed by atoms with Gasteiger partial charge >= 0.3 is 0 Å². The Morgan fingerprint density at radius 1 is 1.18 bits per heavy atom. The van der Waals surface area contributed by atoms with Crippen molar-refractivity contribution >= 4 is 23.5 Å². The van der Waals surface area contributed by atoms with Gasteiger partial charge in [-0.05, 0) is 56.5 Å². The average Bonchev–Trinajstić information content (AvgIpc) is 2.86. The first-order valence-corrected chi connectivity index (χ1v) is 12.1. The number of hydrogen-bond acceptors (Lipinski definition) is 6. The Hall–Kier alpha value is -3.06. The van der Waals surface area contributed by atoms with E-state index < -0.39 is 0 Å². The minimum atomic E-state index is -0.0916. The highest BCUT2D eigenvalue weighted by atomic mass is 32.2. The minimum Gasteiger partial charge on any atom is -0.497 e. The van der Waals surface area contributed by atoms with E-state index in [1.165, 1.54) is 5.56 Å². The van der Waals surface area contributed by atoms with Crippen LogP contribution in [0.3, 0.4) is 0 Å². The number of aryl methyl sites for hydroxylation is 1. The number of ether oxygens (including phenoxy) is 1. The van der Waals surface area contributed by atoms with Crippen molar-refractivity contribution in [1.82, 2.24) is 15.3 Å². The molecule has 7 heteroatoms. The smallest absolute Gasteiger partial charge is 0.225 e. The molecule has 0 aliphatic carbocycles. The number of methoxy groups -OCH3 is 1. The van der Waals surface area contributed by atoms with Gasteiger partial charge in [0.1, 0.15) is 10.8 Å². The van der Waals surface area contributed by atoms with Gasteiger partial charge in [0.25, 0.3) is 0 Å².